The van der Waals surface area contributed by atoms with Gasteiger partial charge in [0.15, 0.2) is 0 Å². The third kappa shape index (κ3) is 4.18. The van der Waals surface area contributed by atoms with Crippen LogP contribution < -0.4 is 10.2 Å². The number of imidazole rings is 1. The normalized spacial score (nSPS) is 11.5. The zero-order chi connectivity index (χ0) is 17.1. The van der Waals surface area contributed by atoms with Crippen LogP contribution in [-0.2, 0) is 0 Å². The van der Waals surface area contributed by atoms with Crippen LogP contribution in [0.4, 0.5) is 5.95 Å². The molecule has 3 rings (SSSR count). The number of nitrogens with zero attached hydrogens (tertiary/aromatic N) is 2. The largest absolute Gasteiger partial charge is 0.489 e. The maximum absolute atomic E-state index is 5.85. The Hall–Kier alpha value is -1.36. The van der Waals surface area contributed by atoms with Crippen LogP contribution >= 0.6 is 45.2 Å². The molecule has 2 aromatic carbocycles. The first-order valence-corrected chi connectivity index (χ1v) is 9.58. The first-order valence-electron chi connectivity index (χ1n) is 7.42. The number of aromatic amines is 1. The number of para-hydroxylation sites is 2. The highest BCUT2D eigenvalue weighted by atomic mass is 127. The highest BCUT2D eigenvalue weighted by Crippen LogP contribution is 2.29. The van der Waals surface area contributed by atoms with Crippen LogP contribution in [0, 0.1) is 7.14 Å². The van der Waals surface area contributed by atoms with Gasteiger partial charge in [-0.25, -0.2) is 10.4 Å². The number of halogens is 2. The van der Waals surface area contributed by atoms with Crippen LogP contribution in [0.1, 0.15) is 19.4 Å². The van der Waals surface area contributed by atoms with Gasteiger partial charge in [-0.3, -0.25) is 0 Å². The van der Waals surface area contributed by atoms with Crippen molar-refractivity contribution in [3.05, 3.63) is 49.1 Å². The average molecular weight is 546 g/mol. The van der Waals surface area contributed by atoms with Gasteiger partial charge >= 0.3 is 0 Å². The molecule has 0 atom stereocenters. The molecule has 0 aliphatic heterocycles. The fourth-order valence-corrected chi connectivity index (χ4v) is 4.25. The fraction of sp³-hybridized carbons (Fsp3) is 0.176. The number of nitrogens with one attached hydrogen (secondary N) is 2. The smallest absolute Gasteiger partial charge is 0.222 e. The molecule has 124 valence electrons. The van der Waals surface area contributed by atoms with E-state index in [0.717, 1.165) is 29.5 Å². The second-order valence-electron chi connectivity index (χ2n) is 5.45. The number of ether oxygens (including phenoxy) is 1. The quantitative estimate of drug-likeness (QED) is 0.269. The predicted molar refractivity (Wildman–Crippen MR) is 115 cm³/mol. The Labute approximate surface area is 167 Å². The van der Waals surface area contributed by atoms with Gasteiger partial charge in [-0.05, 0) is 88.9 Å². The van der Waals surface area contributed by atoms with Crippen molar-refractivity contribution in [1.29, 1.82) is 0 Å². The van der Waals surface area contributed by atoms with Crippen molar-refractivity contribution in [3.63, 3.8) is 0 Å². The van der Waals surface area contributed by atoms with E-state index in [0.29, 0.717) is 5.95 Å². The average Bonchev–Trinajstić information content (AvgIpc) is 2.93. The van der Waals surface area contributed by atoms with Gasteiger partial charge in [0.2, 0.25) is 5.95 Å². The Morgan fingerprint density at radius 2 is 1.92 bits per heavy atom. The fourth-order valence-electron chi connectivity index (χ4n) is 2.18. The molecule has 3 aromatic rings. The van der Waals surface area contributed by atoms with E-state index in [4.69, 9.17) is 4.74 Å². The summed E-state index contributed by atoms with van der Waals surface area (Å²) >= 11 is 4.57. The van der Waals surface area contributed by atoms with Crippen molar-refractivity contribution in [2.75, 3.05) is 5.43 Å². The summed E-state index contributed by atoms with van der Waals surface area (Å²) in [7, 11) is 0. The minimum atomic E-state index is 0.154. The number of fused-ring (bicyclic) bond motifs is 1. The van der Waals surface area contributed by atoms with Crippen molar-refractivity contribution in [2.24, 2.45) is 5.10 Å². The molecule has 0 aliphatic carbocycles. The number of hydrogen-bond donors (Lipinski definition) is 2. The summed E-state index contributed by atoms with van der Waals surface area (Å²) in [5.41, 5.74) is 5.83. The first-order chi connectivity index (χ1) is 11.5. The van der Waals surface area contributed by atoms with Crippen molar-refractivity contribution in [1.82, 2.24) is 9.97 Å². The second-order valence-corrected chi connectivity index (χ2v) is 7.78. The minimum Gasteiger partial charge on any atom is -0.489 e. The Morgan fingerprint density at radius 3 is 2.58 bits per heavy atom. The molecule has 5 nitrogen and oxygen atoms in total. The number of H-pyrrole nitrogens is 1. The van der Waals surface area contributed by atoms with E-state index >= 15 is 0 Å². The molecule has 0 unspecified atom stereocenters. The lowest BCUT2D eigenvalue weighted by Gasteiger charge is -2.14. The Morgan fingerprint density at radius 1 is 1.21 bits per heavy atom. The van der Waals surface area contributed by atoms with E-state index in [1.54, 1.807) is 6.21 Å². The lowest BCUT2D eigenvalue weighted by atomic mass is 10.2. The molecule has 0 spiro atoms. The van der Waals surface area contributed by atoms with Crippen LogP contribution in [-0.4, -0.2) is 22.3 Å². The van der Waals surface area contributed by atoms with Gasteiger partial charge in [0.25, 0.3) is 0 Å². The number of benzene rings is 2. The molecule has 0 aliphatic rings. The molecule has 0 bridgehead atoms. The summed E-state index contributed by atoms with van der Waals surface area (Å²) in [6.07, 6.45) is 1.93. The molecule has 24 heavy (non-hydrogen) atoms. The summed E-state index contributed by atoms with van der Waals surface area (Å²) in [4.78, 5) is 7.60. The third-order valence-electron chi connectivity index (χ3n) is 3.15. The van der Waals surface area contributed by atoms with Crippen LogP contribution in [0.15, 0.2) is 41.5 Å². The molecule has 0 radical (unpaired) electrons. The number of rotatable bonds is 5. The number of aromatic nitrogens is 2. The third-order valence-corrected chi connectivity index (χ3v) is 4.75. The highest BCUT2D eigenvalue weighted by molar-refractivity contribution is 14.1. The zero-order valence-corrected chi connectivity index (χ0v) is 17.5. The van der Waals surface area contributed by atoms with Crippen LogP contribution in [0.3, 0.4) is 0 Å². The lowest BCUT2D eigenvalue weighted by molar-refractivity contribution is 0.239. The van der Waals surface area contributed by atoms with E-state index < -0.39 is 0 Å². The van der Waals surface area contributed by atoms with Crippen molar-refractivity contribution in [3.8, 4) is 5.75 Å². The maximum atomic E-state index is 5.85. The lowest BCUT2D eigenvalue weighted by Crippen LogP contribution is -2.08. The van der Waals surface area contributed by atoms with Gasteiger partial charge in [-0.1, -0.05) is 12.1 Å². The van der Waals surface area contributed by atoms with Gasteiger partial charge in [0, 0.05) is 0 Å². The van der Waals surface area contributed by atoms with Crippen molar-refractivity contribution in [2.45, 2.75) is 20.0 Å². The summed E-state index contributed by atoms with van der Waals surface area (Å²) in [6, 6.07) is 12.0. The molecule has 0 fully saturated rings. The van der Waals surface area contributed by atoms with Gasteiger partial charge in [0.1, 0.15) is 5.75 Å². The summed E-state index contributed by atoms with van der Waals surface area (Å²) in [5.74, 6) is 1.55. The highest BCUT2D eigenvalue weighted by Gasteiger charge is 2.09. The summed E-state index contributed by atoms with van der Waals surface area (Å²) in [6.45, 7) is 4.05. The van der Waals surface area contributed by atoms with E-state index in [-0.39, 0.29) is 6.10 Å². The van der Waals surface area contributed by atoms with Crippen molar-refractivity contribution >= 4 is 68.4 Å². The Balaban J connectivity index is 1.74. The molecular weight excluding hydrogens is 530 g/mol. The van der Waals surface area contributed by atoms with E-state index in [1.165, 1.54) is 0 Å². The molecule has 1 heterocycles. The maximum Gasteiger partial charge on any atom is 0.222 e. The summed E-state index contributed by atoms with van der Waals surface area (Å²) < 4.78 is 7.98. The number of hydrogen-bond acceptors (Lipinski definition) is 4. The number of anilines is 1. The van der Waals surface area contributed by atoms with E-state index in [1.807, 2.05) is 50.2 Å². The SMILES string of the molecule is CC(C)Oc1c(I)cc(/C=N/Nc2nc3ccccc3[nH]2)cc1I. The van der Waals surface area contributed by atoms with Gasteiger partial charge in [0.05, 0.1) is 30.5 Å². The van der Waals surface area contributed by atoms with Crippen LogP contribution in [0.5, 0.6) is 5.75 Å². The predicted octanol–water partition coefficient (Wildman–Crippen LogP) is 5.01. The molecular formula is C17H16I2N4O. The molecule has 0 amide bonds. The monoisotopic (exact) mass is 546 g/mol. The topological polar surface area (TPSA) is 62.3 Å². The van der Waals surface area contributed by atoms with Crippen LogP contribution in [0.25, 0.3) is 11.0 Å². The van der Waals surface area contributed by atoms with Gasteiger partial charge < -0.3 is 9.72 Å². The zero-order valence-electron chi connectivity index (χ0n) is 13.2. The molecule has 0 saturated heterocycles. The molecule has 7 heteroatoms. The van der Waals surface area contributed by atoms with E-state index in [9.17, 15) is 0 Å². The Bertz CT molecular complexity index is 833. The van der Waals surface area contributed by atoms with Crippen molar-refractivity contribution < 1.29 is 4.74 Å². The van der Waals surface area contributed by atoms with Gasteiger partial charge in [-0.15, -0.1) is 0 Å². The van der Waals surface area contributed by atoms with Gasteiger partial charge in [-0.2, -0.15) is 5.10 Å². The van der Waals surface area contributed by atoms with Crippen LogP contribution in [0.2, 0.25) is 0 Å². The second kappa shape index (κ2) is 7.68. The molecule has 0 saturated carbocycles. The Kier molecular flexibility index (Phi) is 5.59. The molecule has 2 N–H and O–H groups in total. The molecule has 1 aromatic heterocycles. The van der Waals surface area contributed by atoms with E-state index in [2.05, 4.69) is 65.7 Å². The standard InChI is InChI=1S/C17H16I2N4O/c1-10(2)24-16-12(18)7-11(8-13(16)19)9-20-23-17-21-14-5-3-4-6-15(14)22-17/h3-10H,1-2H3,(H2,21,22,23)/b20-9+. The summed E-state index contributed by atoms with van der Waals surface area (Å²) in [5, 5.41) is 4.26. The minimum absolute atomic E-state index is 0.154. The first kappa shape index (κ1) is 17.5. The number of hydrazone groups is 1.